The first-order valence-electron chi connectivity index (χ1n) is 8.01. The summed E-state index contributed by atoms with van der Waals surface area (Å²) < 4.78 is 36.6. The van der Waals surface area contributed by atoms with E-state index in [2.05, 4.69) is 22.2 Å². The summed E-state index contributed by atoms with van der Waals surface area (Å²) in [6.45, 7) is 7.28. The highest BCUT2D eigenvalue weighted by Gasteiger charge is 2.10. The zero-order chi connectivity index (χ0) is 18.7. The summed E-state index contributed by atoms with van der Waals surface area (Å²) >= 11 is 1.76. The molecule has 0 heterocycles. The highest BCUT2D eigenvalue weighted by atomic mass is 32.2. The van der Waals surface area contributed by atoms with Gasteiger partial charge in [0, 0.05) is 30.9 Å². The van der Waals surface area contributed by atoms with Crippen molar-refractivity contribution in [3.63, 3.8) is 0 Å². The van der Waals surface area contributed by atoms with E-state index in [0.29, 0.717) is 23.6 Å². The third-order valence-electron chi connectivity index (χ3n) is 3.11. The van der Waals surface area contributed by atoms with E-state index in [-0.39, 0.29) is 12.3 Å². The number of nitrogens with one attached hydrogen (secondary N) is 2. The Morgan fingerprint density at radius 2 is 2.12 bits per heavy atom. The lowest BCUT2D eigenvalue weighted by molar-refractivity contribution is 0.600. The van der Waals surface area contributed by atoms with Gasteiger partial charge in [-0.25, -0.2) is 17.8 Å². The molecule has 0 aliphatic carbocycles. The van der Waals surface area contributed by atoms with Gasteiger partial charge in [-0.1, -0.05) is 12.1 Å². The first-order chi connectivity index (χ1) is 11.9. The van der Waals surface area contributed by atoms with Crippen LogP contribution in [0, 0.1) is 5.82 Å². The Kier molecular flexibility index (Phi) is 9.59. The number of hydrogen-bond donors (Lipinski definition) is 2. The standard InChI is InChI=1S/C17H26FN3O2S2/c1-4-9-24-10-8-20-17(19-5-2)21-12-15-11-16(18)7-6-14(15)13-25(3,22)23/h4,6-7,11H,1,5,8-10,12-13H2,2-3H3,(H2,19,20,21). The fourth-order valence-corrected chi connectivity index (χ4v) is 3.51. The van der Waals surface area contributed by atoms with E-state index in [9.17, 15) is 12.8 Å². The molecule has 0 saturated heterocycles. The highest BCUT2D eigenvalue weighted by molar-refractivity contribution is 7.99. The topological polar surface area (TPSA) is 70.6 Å². The fourth-order valence-electron chi connectivity index (χ4n) is 2.08. The summed E-state index contributed by atoms with van der Waals surface area (Å²) in [5.74, 6) is 1.90. The lowest BCUT2D eigenvalue weighted by Gasteiger charge is -2.12. The molecular formula is C17H26FN3O2S2. The molecule has 0 bridgehead atoms. The van der Waals surface area contributed by atoms with Gasteiger partial charge in [0.1, 0.15) is 5.82 Å². The summed E-state index contributed by atoms with van der Waals surface area (Å²) in [6, 6.07) is 4.12. The number of hydrogen-bond acceptors (Lipinski definition) is 4. The molecule has 0 fully saturated rings. The van der Waals surface area contributed by atoms with E-state index in [0.717, 1.165) is 24.3 Å². The fraction of sp³-hybridized carbons (Fsp3) is 0.471. The maximum absolute atomic E-state index is 13.5. The molecule has 0 atom stereocenters. The van der Waals surface area contributed by atoms with Gasteiger partial charge in [0.05, 0.1) is 12.3 Å². The number of thioether (sulfide) groups is 1. The molecule has 2 N–H and O–H groups in total. The van der Waals surface area contributed by atoms with Gasteiger partial charge in [0.15, 0.2) is 15.8 Å². The molecule has 8 heteroatoms. The van der Waals surface area contributed by atoms with Crippen molar-refractivity contribution >= 4 is 27.6 Å². The number of guanidine groups is 1. The monoisotopic (exact) mass is 387 g/mol. The number of benzene rings is 1. The van der Waals surface area contributed by atoms with Crippen molar-refractivity contribution in [2.75, 3.05) is 30.9 Å². The Morgan fingerprint density at radius 3 is 2.76 bits per heavy atom. The van der Waals surface area contributed by atoms with Crippen molar-refractivity contribution in [1.82, 2.24) is 10.6 Å². The molecule has 0 unspecified atom stereocenters. The molecule has 1 aromatic carbocycles. The Labute approximate surface area is 154 Å². The Hall–Kier alpha value is -1.54. The van der Waals surface area contributed by atoms with Crippen LogP contribution in [0.4, 0.5) is 4.39 Å². The largest absolute Gasteiger partial charge is 0.357 e. The minimum absolute atomic E-state index is 0.125. The van der Waals surface area contributed by atoms with Crippen LogP contribution in [0.15, 0.2) is 35.8 Å². The van der Waals surface area contributed by atoms with Gasteiger partial charge >= 0.3 is 0 Å². The predicted molar refractivity (Wildman–Crippen MR) is 105 cm³/mol. The van der Waals surface area contributed by atoms with Crippen LogP contribution in [0.25, 0.3) is 0 Å². The van der Waals surface area contributed by atoms with E-state index in [1.54, 1.807) is 11.8 Å². The van der Waals surface area contributed by atoms with Crippen molar-refractivity contribution in [1.29, 1.82) is 0 Å². The second-order valence-electron chi connectivity index (χ2n) is 5.47. The van der Waals surface area contributed by atoms with Crippen molar-refractivity contribution in [3.05, 3.63) is 47.8 Å². The Balaban J connectivity index is 2.80. The summed E-state index contributed by atoms with van der Waals surface area (Å²) in [5.41, 5.74) is 1.15. The smallest absolute Gasteiger partial charge is 0.191 e. The second-order valence-corrected chi connectivity index (χ2v) is 8.76. The average molecular weight is 388 g/mol. The normalized spacial score (nSPS) is 12.0. The van der Waals surface area contributed by atoms with Crippen LogP contribution >= 0.6 is 11.8 Å². The van der Waals surface area contributed by atoms with Gasteiger partial charge in [-0.2, -0.15) is 11.8 Å². The van der Waals surface area contributed by atoms with Crippen LogP contribution in [-0.2, 0) is 22.1 Å². The van der Waals surface area contributed by atoms with Crippen molar-refractivity contribution in [2.45, 2.75) is 19.2 Å². The van der Waals surface area contributed by atoms with Crippen LogP contribution in [0.3, 0.4) is 0 Å². The highest BCUT2D eigenvalue weighted by Crippen LogP contribution is 2.15. The molecule has 0 aliphatic heterocycles. The van der Waals surface area contributed by atoms with Gasteiger partial charge in [0.25, 0.3) is 0 Å². The molecule has 0 aromatic heterocycles. The maximum atomic E-state index is 13.5. The summed E-state index contributed by atoms with van der Waals surface area (Å²) in [6.07, 6.45) is 3.02. The summed E-state index contributed by atoms with van der Waals surface area (Å²) in [7, 11) is -3.20. The Morgan fingerprint density at radius 1 is 1.36 bits per heavy atom. The van der Waals surface area contributed by atoms with Gasteiger partial charge in [-0.15, -0.1) is 6.58 Å². The average Bonchev–Trinajstić information content (AvgIpc) is 2.53. The minimum atomic E-state index is -3.20. The molecular weight excluding hydrogens is 361 g/mol. The predicted octanol–water partition coefficient (Wildman–Crippen LogP) is 2.34. The first-order valence-corrected chi connectivity index (χ1v) is 11.2. The van der Waals surface area contributed by atoms with Gasteiger partial charge in [0.2, 0.25) is 0 Å². The van der Waals surface area contributed by atoms with E-state index in [4.69, 9.17) is 0 Å². The zero-order valence-electron chi connectivity index (χ0n) is 14.7. The maximum Gasteiger partial charge on any atom is 0.191 e. The first kappa shape index (κ1) is 21.5. The molecule has 1 rings (SSSR count). The second kappa shape index (κ2) is 11.1. The lowest BCUT2D eigenvalue weighted by atomic mass is 10.1. The van der Waals surface area contributed by atoms with Crippen LogP contribution in [0.2, 0.25) is 0 Å². The number of halogens is 1. The van der Waals surface area contributed by atoms with Crippen LogP contribution in [0.1, 0.15) is 18.1 Å². The van der Waals surface area contributed by atoms with Gasteiger partial charge in [-0.05, 0) is 30.2 Å². The molecule has 0 spiro atoms. The van der Waals surface area contributed by atoms with E-state index in [1.807, 2.05) is 13.0 Å². The molecule has 0 saturated carbocycles. The summed E-state index contributed by atoms with van der Waals surface area (Å²) in [5, 5.41) is 6.33. The van der Waals surface area contributed by atoms with Crippen LogP contribution < -0.4 is 10.6 Å². The third kappa shape index (κ3) is 9.50. The number of aliphatic imine (C=N–C) groups is 1. The van der Waals surface area contributed by atoms with Crippen molar-refractivity contribution in [3.8, 4) is 0 Å². The SMILES string of the molecule is C=CCSCCNC(=NCc1cc(F)ccc1CS(C)(=O)=O)NCC. The quantitative estimate of drug-likeness (QED) is 0.279. The van der Waals surface area contributed by atoms with E-state index < -0.39 is 15.7 Å². The molecule has 1 aromatic rings. The minimum Gasteiger partial charge on any atom is -0.357 e. The molecule has 5 nitrogen and oxygen atoms in total. The third-order valence-corrected chi connectivity index (χ3v) is 4.91. The van der Waals surface area contributed by atoms with E-state index >= 15 is 0 Å². The zero-order valence-corrected chi connectivity index (χ0v) is 16.4. The van der Waals surface area contributed by atoms with Crippen LogP contribution in [-0.4, -0.2) is 45.2 Å². The molecule has 0 amide bonds. The lowest BCUT2D eigenvalue weighted by Crippen LogP contribution is -2.38. The number of rotatable bonds is 10. The van der Waals surface area contributed by atoms with Crippen LogP contribution in [0.5, 0.6) is 0 Å². The van der Waals surface area contributed by atoms with Gasteiger partial charge < -0.3 is 10.6 Å². The summed E-state index contributed by atoms with van der Waals surface area (Å²) in [4.78, 5) is 4.44. The molecule has 140 valence electrons. The number of nitrogens with zero attached hydrogens (tertiary/aromatic N) is 1. The van der Waals surface area contributed by atoms with Crippen molar-refractivity contribution in [2.24, 2.45) is 4.99 Å². The molecule has 0 radical (unpaired) electrons. The van der Waals surface area contributed by atoms with Crippen molar-refractivity contribution < 1.29 is 12.8 Å². The molecule has 0 aliphatic rings. The Bertz CT molecular complexity index is 691. The number of sulfone groups is 1. The van der Waals surface area contributed by atoms with Gasteiger partial charge in [-0.3, -0.25) is 0 Å². The van der Waals surface area contributed by atoms with E-state index in [1.165, 1.54) is 18.2 Å². The molecule has 25 heavy (non-hydrogen) atoms.